The lowest BCUT2D eigenvalue weighted by molar-refractivity contribution is -0.384. The predicted octanol–water partition coefficient (Wildman–Crippen LogP) is 5.27. The molecule has 1 unspecified atom stereocenters. The number of carbonyl (C=O) groups is 1. The molecule has 0 aromatic heterocycles. The van der Waals surface area contributed by atoms with E-state index in [1.165, 1.54) is 30.3 Å². The number of non-ortho nitro benzene ring substituents is 1. The fourth-order valence-electron chi connectivity index (χ4n) is 3.32. The molecule has 0 radical (unpaired) electrons. The third kappa shape index (κ3) is 5.15. The summed E-state index contributed by atoms with van der Waals surface area (Å²) in [5, 5.41) is 18.0. The number of rotatable bonds is 6. The van der Waals surface area contributed by atoms with Crippen LogP contribution in [0.15, 0.2) is 65.8 Å². The molecular weight excluding hydrogens is 429 g/mol. The van der Waals surface area contributed by atoms with Crippen LogP contribution in [0.3, 0.4) is 0 Å². The van der Waals surface area contributed by atoms with Crippen LogP contribution in [0.2, 0.25) is 0 Å². The maximum absolute atomic E-state index is 13.1. The minimum Gasteiger partial charge on any atom is -0.457 e. The Bertz CT molecular complexity index is 1260. The lowest BCUT2D eigenvalue weighted by Crippen LogP contribution is -2.28. The molecule has 1 heterocycles. The molecule has 168 valence electrons. The summed E-state index contributed by atoms with van der Waals surface area (Å²) < 4.78 is 19.0. The summed E-state index contributed by atoms with van der Waals surface area (Å²) in [6, 6.07) is 15.4. The van der Waals surface area contributed by atoms with E-state index in [2.05, 4.69) is 10.5 Å². The quantitative estimate of drug-likeness (QED) is 0.408. The van der Waals surface area contributed by atoms with E-state index in [4.69, 9.17) is 9.57 Å². The number of hydrogen-bond acceptors (Lipinski definition) is 6. The second-order valence-electron chi connectivity index (χ2n) is 7.68. The molecule has 0 saturated heterocycles. The molecule has 4 rings (SSSR count). The number of nitro benzene ring substituents is 1. The molecule has 33 heavy (non-hydrogen) atoms. The van der Waals surface area contributed by atoms with Crippen LogP contribution in [0.5, 0.6) is 11.5 Å². The highest BCUT2D eigenvalue weighted by atomic mass is 19.1. The summed E-state index contributed by atoms with van der Waals surface area (Å²) in [4.78, 5) is 28.8. The normalized spacial score (nSPS) is 14.9. The van der Waals surface area contributed by atoms with Crippen molar-refractivity contribution in [2.24, 2.45) is 5.16 Å². The first-order valence-electron chi connectivity index (χ1n) is 10.1. The maximum atomic E-state index is 13.1. The Morgan fingerprint density at radius 1 is 1.15 bits per heavy atom. The molecule has 1 N–H and O–H groups in total. The molecule has 1 aliphatic rings. The van der Waals surface area contributed by atoms with Gasteiger partial charge in [0.1, 0.15) is 17.3 Å². The zero-order valence-corrected chi connectivity index (χ0v) is 17.9. The zero-order valence-electron chi connectivity index (χ0n) is 17.9. The van der Waals surface area contributed by atoms with Gasteiger partial charge in [0.05, 0.1) is 22.4 Å². The van der Waals surface area contributed by atoms with Crippen molar-refractivity contribution in [3.05, 3.63) is 93.3 Å². The minimum atomic E-state index is -0.923. The Labute approximate surface area is 188 Å². The van der Waals surface area contributed by atoms with Crippen molar-refractivity contribution >= 4 is 23.0 Å². The molecule has 1 aliphatic heterocycles. The molecule has 1 amide bonds. The molecule has 3 aromatic carbocycles. The highest BCUT2D eigenvalue weighted by Gasteiger charge is 2.29. The van der Waals surface area contributed by atoms with E-state index in [0.29, 0.717) is 17.0 Å². The van der Waals surface area contributed by atoms with Crippen LogP contribution in [0.25, 0.3) is 0 Å². The van der Waals surface area contributed by atoms with E-state index in [9.17, 15) is 19.3 Å². The van der Waals surface area contributed by atoms with Crippen LogP contribution >= 0.6 is 0 Å². The van der Waals surface area contributed by atoms with Crippen LogP contribution in [0.4, 0.5) is 15.8 Å². The molecule has 0 spiro atoms. The number of halogens is 1. The SMILES string of the molecule is Cc1ccc(C)c(Oc2cc(NC(=O)C3CC(c4ccc(F)cc4)=NO3)cc([N+](=O)[O-])c2)c1. The number of nitrogens with one attached hydrogen (secondary N) is 1. The maximum Gasteiger partial charge on any atom is 0.275 e. The molecule has 0 fully saturated rings. The lowest BCUT2D eigenvalue weighted by atomic mass is 10.0. The minimum absolute atomic E-state index is 0.179. The van der Waals surface area contributed by atoms with Gasteiger partial charge in [-0.25, -0.2) is 4.39 Å². The van der Waals surface area contributed by atoms with Gasteiger partial charge in [-0.2, -0.15) is 0 Å². The fourth-order valence-corrected chi connectivity index (χ4v) is 3.32. The van der Waals surface area contributed by atoms with E-state index in [-0.39, 0.29) is 29.4 Å². The Kier molecular flexibility index (Phi) is 6.03. The highest BCUT2D eigenvalue weighted by molar-refractivity contribution is 6.06. The van der Waals surface area contributed by atoms with E-state index in [1.54, 1.807) is 12.1 Å². The van der Waals surface area contributed by atoms with Crippen molar-refractivity contribution in [1.82, 2.24) is 0 Å². The second-order valence-corrected chi connectivity index (χ2v) is 7.68. The number of anilines is 1. The van der Waals surface area contributed by atoms with Crippen LogP contribution in [0.1, 0.15) is 23.1 Å². The van der Waals surface area contributed by atoms with Crippen LogP contribution < -0.4 is 10.1 Å². The molecule has 9 heteroatoms. The van der Waals surface area contributed by atoms with Crippen molar-refractivity contribution in [2.75, 3.05) is 5.32 Å². The van der Waals surface area contributed by atoms with Crippen molar-refractivity contribution in [3.63, 3.8) is 0 Å². The van der Waals surface area contributed by atoms with Gasteiger partial charge < -0.3 is 14.9 Å². The summed E-state index contributed by atoms with van der Waals surface area (Å²) in [5.41, 5.74) is 2.95. The van der Waals surface area contributed by atoms with Gasteiger partial charge in [-0.3, -0.25) is 14.9 Å². The van der Waals surface area contributed by atoms with Crippen molar-refractivity contribution < 1.29 is 23.7 Å². The lowest BCUT2D eigenvalue weighted by Gasteiger charge is -2.13. The van der Waals surface area contributed by atoms with E-state index in [0.717, 1.165) is 11.1 Å². The fraction of sp³-hybridized carbons (Fsp3) is 0.167. The van der Waals surface area contributed by atoms with Gasteiger partial charge in [0.2, 0.25) is 6.10 Å². The first-order chi connectivity index (χ1) is 15.8. The number of amides is 1. The van der Waals surface area contributed by atoms with E-state index < -0.39 is 16.9 Å². The Morgan fingerprint density at radius 3 is 2.64 bits per heavy atom. The van der Waals surface area contributed by atoms with Crippen molar-refractivity contribution in [2.45, 2.75) is 26.4 Å². The van der Waals surface area contributed by atoms with Gasteiger partial charge in [0.15, 0.2) is 0 Å². The summed E-state index contributed by atoms with van der Waals surface area (Å²) in [6.45, 7) is 3.78. The van der Waals surface area contributed by atoms with Gasteiger partial charge in [-0.05, 0) is 48.7 Å². The number of nitrogens with zero attached hydrogens (tertiary/aromatic N) is 2. The highest BCUT2D eigenvalue weighted by Crippen LogP contribution is 2.32. The van der Waals surface area contributed by atoms with Gasteiger partial charge in [0.25, 0.3) is 11.6 Å². The zero-order chi connectivity index (χ0) is 23.5. The smallest absolute Gasteiger partial charge is 0.275 e. The molecule has 1 atom stereocenters. The molecule has 0 aliphatic carbocycles. The Morgan fingerprint density at radius 2 is 1.91 bits per heavy atom. The third-order valence-electron chi connectivity index (χ3n) is 5.08. The molecule has 3 aromatic rings. The first kappa shape index (κ1) is 21.9. The topological polar surface area (TPSA) is 103 Å². The summed E-state index contributed by atoms with van der Waals surface area (Å²) in [5.74, 6) is -0.126. The number of carbonyl (C=O) groups excluding carboxylic acids is 1. The molecular formula is C24H20FN3O5. The first-order valence-corrected chi connectivity index (χ1v) is 10.1. The van der Waals surface area contributed by atoms with E-state index in [1.807, 2.05) is 32.0 Å². The number of nitro groups is 1. The van der Waals surface area contributed by atoms with E-state index >= 15 is 0 Å². The van der Waals surface area contributed by atoms with Crippen molar-refractivity contribution in [3.8, 4) is 11.5 Å². The summed E-state index contributed by atoms with van der Waals surface area (Å²) in [7, 11) is 0. The van der Waals surface area contributed by atoms with Crippen LogP contribution in [-0.2, 0) is 9.63 Å². The molecule has 0 saturated carbocycles. The summed E-state index contributed by atoms with van der Waals surface area (Å²) >= 11 is 0. The standard InChI is InChI=1S/C24H20FN3O5/c1-14-3-4-15(2)22(9-14)32-20-11-18(10-19(12-20)28(30)31)26-24(29)23-13-21(27-33-23)16-5-7-17(25)8-6-16/h3-12,23H,13H2,1-2H3,(H,26,29). The van der Waals surface area contributed by atoms with Crippen LogP contribution in [-0.4, -0.2) is 22.6 Å². The monoisotopic (exact) mass is 449 g/mol. The molecule has 8 nitrogen and oxygen atoms in total. The predicted molar refractivity (Wildman–Crippen MR) is 120 cm³/mol. The second kappa shape index (κ2) is 9.07. The van der Waals surface area contributed by atoms with Gasteiger partial charge >= 0.3 is 0 Å². The number of hydrogen-bond donors (Lipinski definition) is 1. The third-order valence-corrected chi connectivity index (χ3v) is 5.08. The average Bonchev–Trinajstić information content (AvgIpc) is 3.27. The summed E-state index contributed by atoms with van der Waals surface area (Å²) in [6.07, 6.45) is -0.745. The van der Waals surface area contributed by atoms with Gasteiger partial charge in [-0.15, -0.1) is 0 Å². The number of aryl methyl sites for hydroxylation is 2. The largest absolute Gasteiger partial charge is 0.457 e. The van der Waals surface area contributed by atoms with Gasteiger partial charge in [0, 0.05) is 18.6 Å². The Hall–Kier alpha value is -4.27. The Balaban J connectivity index is 1.50. The van der Waals surface area contributed by atoms with Gasteiger partial charge in [-0.1, -0.05) is 29.4 Å². The van der Waals surface area contributed by atoms with Crippen molar-refractivity contribution in [1.29, 1.82) is 0 Å². The molecule has 0 bridgehead atoms. The average molecular weight is 449 g/mol. The number of benzene rings is 3. The number of ether oxygens (including phenoxy) is 1. The van der Waals surface area contributed by atoms with Crippen LogP contribution in [0, 0.1) is 29.8 Å². The number of oxime groups is 1.